The summed E-state index contributed by atoms with van der Waals surface area (Å²) in [6, 6.07) is 0. The molecule has 2 aromatic heterocycles. The van der Waals surface area contributed by atoms with E-state index in [4.69, 9.17) is 24.7 Å². The van der Waals surface area contributed by atoms with Crippen LogP contribution in [-0.2, 0) is 23.7 Å². The summed E-state index contributed by atoms with van der Waals surface area (Å²) in [4.78, 5) is 24.7. The van der Waals surface area contributed by atoms with Gasteiger partial charge in [0, 0.05) is 0 Å². The zero-order valence-corrected chi connectivity index (χ0v) is 14.1. The Balaban J connectivity index is 1.73. The van der Waals surface area contributed by atoms with E-state index < -0.39 is 36.3 Å². The molecule has 0 aliphatic carbocycles. The van der Waals surface area contributed by atoms with Crippen molar-refractivity contribution in [3.63, 3.8) is 0 Å². The highest BCUT2D eigenvalue weighted by atomic mass is 16.8. The van der Waals surface area contributed by atoms with Gasteiger partial charge in [0.1, 0.15) is 24.1 Å². The minimum atomic E-state index is -0.895. The van der Waals surface area contributed by atoms with Crippen LogP contribution in [0.3, 0.4) is 0 Å². The summed E-state index contributed by atoms with van der Waals surface area (Å²) in [5.41, 5.74) is 6.79. The van der Waals surface area contributed by atoms with E-state index in [0.717, 1.165) is 0 Å². The highest BCUT2D eigenvalue weighted by Gasteiger charge is 2.58. The number of ether oxygens (including phenoxy) is 4. The van der Waals surface area contributed by atoms with E-state index in [-0.39, 0.29) is 12.4 Å². The molecule has 0 bridgehead atoms. The molecule has 2 fully saturated rings. The van der Waals surface area contributed by atoms with Gasteiger partial charge in [-0.3, -0.25) is 4.57 Å². The summed E-state index contributed by atoms with van der Waals surface area (Å²) in [6.07, 6.45) is 0.239. The molecule has 10 heteroatoms. The monoisotopic (exact) mass is 349 g/mol. The van der Waals surface area contributed by atoms with Gasteiger partial charge in [0.15, 0.2) is 29.6 Å². The molecule has 2 aliphatic heterocycles. The fourth-order valence-corrected chi connectivity index (χ4v) is 3.27. The summed E-state index contributed by atoms with van der Waals surface area (Å²) < 4.78 is 24.6. The lowest BCUT2D eigenvalue weighted by Gasteiger charge is -2.24. The van der Waals surface area contributed by atoms with Gasteiger partial charge in [0.2, 0.25) is 0 Å². The normalized spacial score (nSPS) is 30.5. The Bertz CT molecular complexity index is 822. The highest BCUT2D eigenvalue weighted by molar-refractivity contribution is 5.81. The standard InChI is InChI=1S/C15H19N5O5/c1-4-22-14(21)10-8-9(25-15(2,3)24-8)13(23-10)20-6-19-7-11(16)17-5-18-12(7)20/h5-6,8-10,13H,4H2,1-3H3,(H2,16,17,18). The number of nitrogens with two attached hydrogens (primary N) is 1. The zero-order valence-electron chi connectivity index (χ0n) is 14.1. The van der Waals surface area contributed by atoms with Crippen LogP contribution in [0.1, 0.15) is 27.0 Å². The molecule has 0 saturated carbocycles. The van der Waals surface area contributed by atoms with Crippen LogP contribution >= 0.6 is 0 Å². The van der Waals surface area contributed by atoms with Crippen molar-refractivity contribution in [3.05, 3.63) is 12.7 Å². The van der Waals surface area contributed by atoms with Crippen LogP contribution in [0.15, 0.2) is 12.7 Å². The molecule has 0 radical (unpaired) electrons. The van der Waals surface area contributed by atoms with Crippen molar-refractivity contribution in [2.45, 2.75) is 51.1 Å². The third-order valence-electron chi connectivity index (χ3n) is 4.21. The Hall–Kier alpha value is -2.30. The van der Waals surface area contributed by atoms with Crippen LogP contribution in [0.25, 0.3) is 11.2 Å². The van der Waals surface area contributed by atoms with Crippen LogP contribution in [0.5, 0.6) is 0 Å². The number of hydrogen-bond donors (Lipinski definition) is 1. The first kappa shape index (κ1) is 16.2. The highest BCUT2D eigenvalue weighted by Crippen LogP contribution is 2.44. The number of fused-ring (bicyclic) bond motifs is 2. The van der Waals surface area contributed by atoms with Gasteiger partial charge in [-0.25, -0.2) is 19.7 Å². The second kappa shape index (κ2) is 5.61. The Morgan fingerprint density at radius 1 is 1.32 bits per heavy atom. The SMILES string of the molecule is CCOC(=O)C1OC(n2cnc3c(N)ncnc32)C2OC(C)(C)OC12. The van der Waals surface area contributed by atoms with Gasteiger partial charge in [-0.1, -0.05) is 0 Å². The number of esters is 1. The molecule has 134 valence electrons. The number of carbonyl (C=O) groups excluding carboxylic acids is 1. The number of carbonyl (C=O) groups is 1. The van der Waals surface area contributed by atoms with E-state index in [1.165, 1.54) is 6.33 Å². The van der Waals surface area contributed by atoms with Gasteiger partial charge in [0.25, 0.3) is 0 Å². The number of hydrogen-bond acceptors (Lipinski definition) is 9. The maximum absolute atomic E-state index is 12.3. The largest absolute Gasteiger partial charge is 0.464 e. The molecule has 4 rings (SSSR count). The first-order valence-electron chi connectivity index (χ1n) is 8.02. The van der Waals surface area contributed by atoms with E-state index >= 15 is 0 Å². The van der Waals surface area contributed by atoms with Crippen LogP contribution in [-0.4, -0.2) is 56.2 Å². The second-order valence-corrected chi connectivity index (χ2v) is 6.35. The Morgan fingerprint density at radius 2 is 2.08 bits per heavy atom. The first-order valence-corrected chi connectivity index (χ1v) is 8.02. The molecule has 2 aliphatic rings. The molecule has 2 aromatic rings. The molecule has 4 unspecified atom stereocenters. The number of imidazole rings is 1. The second-order valence-electron chi connectivity index (χ2n) is 6.35. The van der Waals surface area contributed by atoms with Crippen LogP contribution in [0.2, 0.25) is 0 Å². The van der Waals surface area contributed by atoms with Gasteiger partial charge in [-0.15, -0.1) is 0 Å². The number of rotatable bonds is 3. The Kier molecular flexibility index (Phi) is 3.63. The fourth-order valence-electron chi connectivity index (χ4n) is 3.27. The Labute approximate surface area is 143 Å². The fraction of sp³-hybridized carbons (Fsp3) is 0.600. The van der Waals surface area contributed by atoms with Gasteiger partial charge < -0.3 is 24.7 Å². The van der Waals surface area contributed by atoms with Gasteiger partial charge in [-0.05, 0) is 20.8 Å². The molecule has 10 nitrogen and oxygen atoms in total. The topological polar surface area (TPSA) is 124 Å². The summed E-state index contributed by atoms with van der Waals surface area (Å²) in [6.45, 7) is 5.57. The molecule has 25 heavy (non-hydrogen) atoms. The molecule has 0 aromatic carbocycles. The number of aromatic nitrogens is 4. The maximum Gasteiger partial charge on any atom is 0.338 e. The number of anilines is 1. The van der Waals surface area contributed by atoms with Crippen molar-refractivity contribution in [1.29, 1.82) is 0 Å². The van der Waals surface area contributed by atoms with Crippen LogP contribution in [0.4, 0.5) is 5.82 Å². The third kappa shape index (κ3) is 2.53. The molecule has 0 amide bonds. The van der Waals surface area contributed by atoms with Gasteiger partial charge in [0.05, 0.1) is 12.9 Å². The van der Waals surface area contributed by atoms with Crippen LogP contribution < -0.4 is 5.73 Å². The van der Waals surface area contributed by atoms with Crippen molar-refractivity contribution in [1.82, 2.24) is 19.5 Å². The van der Waals surface area contributed by atoms with E-state index in [0.29, 0.717) is 11.2 Å². The summed E-state index contributed by atoms with van der Waals surface area (Å²) in [5, 5.41) is 0. The third-order valence-corrected chi connectivity index (χ3v) is 4.21. The van der Waals surface area contributed by atoms with Crippen molar-refractivity contribution in [3.8, 4) is 0 Å². The molecule has 4 atom stereocenters. The van der Waals surface area contributed by atoms with Crippen molar-refractivity contribution < 1.29 is 23.7 Å². The summed E-state index contributed by atoms with van der Waals surface area (Å²) in [5.74, 6) is -1.06. The zero-order chi connectivity index (χ0) is 17.8. The van der Waals surface area contributed by atoms with E-state index in [1.54, 1.807) is 31.7 Å². The predicted octanol–water partition coefficient (Wildman–Crippen LogP) is 0.389. The summed E-state index contributed by atoms with van der Waals surface area (Å²) >= 11 is 0. The van der Waals surface area contributed by atoms with Crippen molar-refractivity contribution >= 4 is 23.0 Å². The lowest BCUT2D eigenvalue weighted by molar-refractivity contribution is -0.204. The molecular weight excluding hydrogens is 330 g/mol. The average molecular weight is 349 g/mol. The molecular formula is C15H19N5O5. The molecule has 0 spiro atoms. The smallest absolute Gasteiger partial charge is 0.338 e. The van der Waals surface area contributed by atoms with Crippen molar-refractivity contribution in [2.24, 2.45) is 0 Å². The number of nitrogens with zero attached hydrogens (tertiary/aromatic N) is 4. The lowest BCUT2D eigenvalue weighted by atomic mass is 10.1. The minimum absolute atomic E-state index is 0.253. The maximum atomic E-state index is 12.3. The van der Waals surface area contributed by atoms with E-state index in [9.17, 15) is 4.79 Å². The summed E-state index contributed by atoms with van der Waals surface area (Å²) in [7, 11) is 0. The van der Waals surface area contributed by atoms with Crippen molar-refractivity contribution in [2.75, 3.05) is 12.3 Å². The van der Waals surface area contributed by atoms with Crippen LogP contribution in [0, 0.1) is 0 Å². The molecule has 2 N–H and O–H groups in total. The predicted molar refractivity (Wildman–Crippen MR) is 84.1 cm³/mol. The van der Waals surface area contributed by atoms with E-state index in [2.05, 4.69) is 15.0 Å². The Morgan fingerprint density at radius 3 is 2.84 bits per heavy atom. The molecule has 2 saturated heterocycles. The van der Waals surface area contributed by atoms with Gasteiger partial charge in [-0.2, -0.15) is 0 Å². The van der Waals surface area contributed by atoms with Gasteiger partial charge >= 0.3 is 5.97 Å². The minimum Gasteiger partial charge on any atom is -0.464 e. The first-order chi connectivity index (χ1) is 11.9. The average Bonchev–Trinajstić information content (AvgIpc) is 3.18. The van der Waals surface area contributed by atoms with E-state index in [1.807, 2.05) is 0 Å². The molecule has 4 heterocycles. The quantitative estimate of drug-likeness (QED) is 0.783. The lowest BCUT2D eigenvalue weighted by Crippen LogP contribution is -2.36. The number of nitrogen functional groups attached to an aromatic ring is 1.